The third-order valence-corrected chi connectivity index (χ3v) is 8.48. The lowest BCUT2D eigenvalue weighted by molar-refractivity contribution is -0.243. The maximum absolute atomic E-state index is 13.7. The van der Waals surface area contributed by atoms with E-state index >= 15 is 0 Å². The number of alkyl halides is 16. The molecule has 8 unspecified atom stereocenters. The fourth-order valence-corrected chi connectivity index (χ4v) is 4.10. The molecule has 20 heteroatoms. The Morgan fingerprint density at radius 2 is 1.06 bits per heavy atom. The normalized spacial score (nSPS) is 21.8. The van der Waals surface area contributed by atoms with Crippen molar-refractivity contribution in [3.8, 4) is 0 Å². The Kier molecular flexibility index (Phi) is 14.6. The van der Waals surface area contributed by atoms with Crippen molar-refractivity contribution in [2.45, 2.75) is 67.8 Å². The minimum atomic E-state index is -4.55. The van der Waals surface area contributed by atoms with Crippen molar-refractivity contribution in [2.24, 2.45) is 11.8 Å². The molecule has 36 heavy (non-hydrogen) atoms. The number of halogens is 16. The summed E-state index contributed by atoms with van der Waals surface area (Å²) in [4.78, 5) is 0. The lowest BCUT2D eigenvalue weighted by Gasteiger charge is -2.39. The minimum absolute atomic E-state index is 1.19. The summed E-state index contributed by atoms with van der Waals surface area (Å²) in [5.41, 5.74) is 0. The van der Waals surface area contributed by atoms with Crippen molar-refractivity contribution in [1.82, 2.24) is 0 Å². The van der Waals surface area contributed by atoms with Crippen LogP contribution in [0.5, 0.6) is 0 Å². The third kappa shape index (κ3) is 11.6. The van der Waals surface area contributed by atoms with Crippen molar-refractivity contribution in [3.63, 3.8) is 0 Å². The van der Waals surface area contributed by atoms with Gasteiger partial charge in [0.25, 0.3) is 0 Å². The maximum atomic E-state index is 13.7. The number of hydrogen-bond acceptors (Lipinski definition) is 4. The molecule has 0 saturated carbocycles. The third-order valence-electron chi connectivity index (χ3n) is 4.67. The molecule has 0 heterocycles. The summed E-state index contributed by atoms with van der Waals surface area (Å²) in [7, 11) is 0. The van der Waals surface area contributed by atoms with Crippen molar-refractivity contribution in [1.29, 1.82) is 0 Å². The van der Waals surface area contributed by atoms with Crippen LogP contribution in [0.1, 0.15) is 12.8 Å². The second-order valence-electron chi connectivity index (χ2n) is 7.60. The maximum Gasteiger partial charge on any atom is 0.343 e. The zero-order valence-electron chi connectivity index (χ0n) is 17.2. The van der Waals surface area contributed by atoms with E-state index in [0.717, 1.165) is 0 Å². The zero-order chi connectivity index (χ0) is 29.1. The molecule has 0 amide bonds. The molecule has 0 aromatic carbocycles. The summed E-state index contributed by atoms with van der Waals surface area (Å²) in [6, 6.07) is 0. The molecule has 0 saturated heterocycles. The number of aliphatic hydroxyl groups is 3. The second-order valence-corrected chi connectivity index (χ2v) is 11.5. The summed E-state index contributed by atoms with van der Waals surface area (Å²) in [5, 5.41) is 1.83. The molecule has 0 aliphatic rings. The van der Waals surface area contributed by atoms with Gasteiger partial charge in [-0.25, -0.2) is 0 Å². The van der Waals surface area contributed by atoms with Gasteiger partial charge in [-0.15, -0.1) is 46.4 Å². The van der Waals surface area contributed by atoms with E-state index in [1.54, 1.807) is 0 Å². The van der Waals surface area contributed by atoms with Crippen LogP contribution in [0.15, 0.2) is 0 Å². The zero-order valence-corrected chi connectivity index (χ0v) is 23.2. The van der Waals surface area contributed by atoms with Gasteiger partial charge >= 0.3 is 21.5 Å². The van der Waals surface area contributed by atoms with Gasteiger partial charge in [-0.05, 0) is 52.8 Å². The molecule has 0 aliphatic carbocycles. The first-order chi connectivity index (χ1) is 15.8. The van der Waals surface area contributed by atoms with Gasteiger partial charge in [0, 0.05) is 24.9 Å². The van der Waals surface area contributed by atoms with E-state index in [9.17, 15) is 50.4 Å². The van der Waals surface area contributed by atoms with Gasteiger partial charge in [0.1, 0.15) is 16.1 Å². The van der Waals surface area contributed by atoms with Crippen LogP contribution >= 0.6 is 92.8 Å². The summed E-state index contributed by atoms with van der Waals surface area (Å²) >= 11 is 40.8. The fourth-order valence-electron chi connectivity index (χ4n) is 2.83. The molecule has 0 radical (unpaired) electrons. The topological polar surface area (TPSA) is 69.9 Å². The van der Waals surface area contributed by atoms with Gasteiger partial charge in [0.15, 0.2) is 11.2 Å². The molecule has 0 aromatic rings. The Labute approximate surface area is 239 Å². The van der Waals surface area contributed by atoms with Crippen LogP contribution < -0.4 is 0 Å². The summed E-state index contributed by atoms with van der Waals surface area (Å²) in [6.45, 7) is -2.71. The van der Waals surface area contributed by atoms with Crippen LogP contribution in [0.25, 0.3) is 0 Å². The van der Waals surface area contributed by atoms with Crippen molar-refractivity contribution >= 4 is 92.8 Å². The highest BCUT2D eigenvalue weighted by Crippen LogP contribution is 2.44. The lowest BCUT2D eigenvalue weighted by atomic mass is 9.92. The molecule has 4 nitrogen and oxygen atoms in total. The lowest BCUT2D eigenvalue weighted by Crippen LogP contribution is -2.53. The predicted octanol–water partition coefficient (Wildman–Crippen LogP) is 6.81. The van der Waals surface area contributed by atoms with Gasteiger partial charge in [0.05, 0.1) is 12.7 Å². The molecular weight excluding hydrogens is 692 g/mol. The van der Waals surface area contributed by atoms with Gasteiger partial charge in [-0.3, -0.25) is 0 Å². The quantitative estimate of drug-likeness (QED) is 0.0936. The minimum Gasteiger partial charge on any atom is -0.396 e. The number of ether oxygens (including phenoxy) is 1. The summed E-state index contributed by atoms with van der Waals surface area (Å²) in [5.74, 6) is -7.59. The number of rotatable bonds is 16. The van der Waals surface area contributed by atoms with E-state index in [2.05, 4.69) is 11.6 Å². The van der Waals surface area contributed by atoms with E-state index in [0.29, 0.717) is 0 Å². The first-order valence-electron chi connectivity index (χ1n) is 9.27. The van der Waals surface area contributed by atoms with E-state index in [4.69, 9.17) is 85.9 Å². The van der Waals surface area contributed by atoms with Crippen LogP contribution in [-0.4, -0.2) is 83.5 Å². The molecule has 0 rings (SSSR count). The van der Waals surface area contributed by atoms with Crippen molar-refractivity contribution < 1.29 is 55.2 Å². The van der Waals surface area contributed by atoms with Crippen molar-refractivity contribution in [3.05, 3.63) is 0 Å². The van der Waals surface area contributed by atoms with Crippen LogP contribution in [0.2, 0.25) is 0 Å². The molecule has 0 aromatic heterocycles. The van der Waals surface area contributed by atoms with Crippen LogP contribution in [0.3, 0.4) is 0 Å². The van der Waals surface area contributed by atoms with Crippen LogP contribution in [0.4, 0.5) is 35.1 Å². The Morgan fingerprint density at radius 1 is 0.667 bits per heavy atom. The Hall–Kier alpha value is 1.60. The predicted molar refractivity (Wildman–Crippen MR) is 122 cm³/mol. The van der Waals surface area contributed by atoms with Gasteiger partial charge in [-0.2, -0.15) is 35.1 Å². The first kappa shape index (κ1) is 37.6. The first-order valence-corrected chi connectivity index (χ1v) is 12.5. The number of hydrogen-bond donors (Lipinski definition) is 3. The average Bonchev–Trinajstić information content (AvgIpc) is 2.69. The van der Waals surface area contributed by atoms with E-state index in [1.165, 1.54) is 0 Å². The van der Waals surface area contributed by atoms with Crippen LogP contribution in [0, 0.1) is 11.8 Å². The summed E-state index contributed by atoms with van der Waals surface area (Å²) < 4.78 is 113. The Balaban J connectivity index is 6.17. The molecular formula is C16H18Cl8F8O4. The Bertz CT molecular complexity index is 679. The molecule has 0 spiro atoms. The largest absolute Gasteiger partial charge is 0.396 e. The summed E-state index contributed by atoms with van der Waals surface area (Å²) in [6.07, 6.45) is -5.00. The molecule has 0 fully saturated rings. The smallest absolute Gasteiger partial charge is 0.343 e. The molecule has 0 bridgehead atoms. The Morgan fingerprint density at radius 3 is 1.39 bits per heavy atom. The molecule has 0 aliphatic heterocycles. The standard InChI is InChI=1S/C16H18Cl8F8O4/c17-8(13(21,25)26)5(1-7(34)10(19)15(23,29)30)4-36-12(35,11(20)16(24,31)32)2-6(3-33)9(18)14(22,27)28/h5-11,33-35H,1-4H2. The second kappa shape index (κ2) is 14.0. The van der Waals surface area contributed by atoms with E-state index in [1.807, 2.05) is 0 Å². The van der Waals surface area contributed by atoms with Gasteiger partial charge in [0.2, 0.25) is 0 Å². The average molecular weight is 710 g/mol. The number of aliphatic hydroxyl groups excluding tert-OH is 2. The molecule has 218 valence electrons. The highest BCUT2D eigenvalue weighted by molar-refractivity contribution is 6.32. The highest BCUT2D eigenvalue weighted by Gasteiger charge is 2.55. The highest BCUT2D eigenvalue weighted by atomic mass is 35.5. The van der Waals surface area contributed by atoms with Crippen molar-refractivity contribution in [2.75, 3.05) is 13.2 Å². The molecule has 3 N–H and O–H groups in total. The fraction of sp³-hybridized carbons (Fsp3) is 1.00. The van der Waals surface area contributed by atoms with E-state index < -0.39 is 92.8 Å². The van der Waals surface area contributed by atoms with Gasteiger partial charge < -0.3 is 20.1 Å². The van der Waals surface area contributed by atoms with E-state index in [-0.39, 0.29) is 0 Å². The van der Waals surface area contributed by atoms with Crippen LogP contribution in [-0.2, 0) is 4.74 Å². The van der Waals surface area contributed by atoms with Gasteiger partial charge in [-0.1, -0.05) is 0 Å². The SMILES string of the molecule is OCC(CC(O)(OCC(CC(O)C(Cl)C(F)(F)Cl)C(Cl)C(F)(F)Cl)C(Cl)C(F)(F)Cl)C(Cl)C(F)(F)Cl. The molecule has 8 atom stereocenters. The monoisotopic (exact) mass is 706 g/mol.